The third-order valence-electron chi connectivity index (χ3n) is 6.13. The molecule has 0 spiro atoms. The Bertz CT molecular complexity index is 1080. The minimum atomic E-state index is -0.359. The summed E-state index contributed by atoms with van der Waals surface area (Å²) in [5.74, 6) is -0.359. The number of hydrogen-bond donors (Lipinski definition) is 0. The Balaban J connectivity index is 1.55. The molecule has 1 aromatic carbocycles. The van der Waals surface area contributed by atoms with Gasteiger partial charge in [0.2, 0.25) is 0 Å². The molecule has 4 heterocycles. The Hall–Kier alpha value is -2.80. The van der Waals surface area contributed by atoms with Crippen LogP contribution in [0.4, 0.5) is 4.39 Å². The van der Waals surface area contributed by atoms with Crippen molar-refractivity contribution in [3.63, 3.8) is 0 Å². The monoisotopic (exact) mass is 393 g/mol. The summed E-state index contributed by atoms with van der Waals surface area (Å²) in [6.45, 7) is 3.54. The molecule has 2 aromatic heterocycles. The van der Waals surface area contributed by atoms with E-state index in [4.69, 9.17) is 0 Å². The summed E-state index contributed by atoms with van der Waals surface area (Å²) in [4.78, 5) is 22.6. The highest BCUT2D eigenvalue weighted by Gasteiger charge is 2.32. The van der Waals surface area contributed by atoms with Crippen LogP contribution in [0.3, 0.4) is 0 Å². The van der Waals surface area contributed by atoms with Gasteiger partial charge >= 0.3 is 0 Å². The van der Waals surface area contributed by atoms with Crippen molar-refractivity contribution in [3.05, 3.63) is 48.0 Å². The average molecular weight is 393 g/mol. The van der Waals surface area contributed by atoms with Gasteiger partial charge in [0, 0.05) is 55.9 Å². The average Bonchev–Trinajstić information content (AvgIpc) is 3.18. The summed E-state index contributed by atoms with van der Waals surface area (Å²) < 4.78 is 15.6. The molecule has 29 heavy (non-hydrogen) atoms. The van der Waals surface area contributed by atoms with Crippen LogP contribution in [-0.4, -0.2) is 62.7 Å². The van der Waals surface area contributed by atoms with Crippen molar-refractivity contribution in [2.45, 2.75) is 25.3 Å². The van der Waals surface area contributed by atoms with Gasteiger partial charge in [0.1, 0.15) is 5.82 Å². The fourth-order valence-electron chi connectivity index (χ4n) is 4.59. The van der Waals surface area contributed by atoms with Crippen LogP contribution < -0.4 is 0 Å². The van der Waals surface area contributed by atoms with E-state index in [9.17, 15) is 9.18 Å². The summed E-state index contributed by atoms with van der Waals surface area (Å²) >= 11 is 0. The van der Waals surface area contributed by atoms with E-state index in [0.29, 0.717) is 28.2 Å². The molecule has 1 unspecified atom stereocenters. The summed E-state index contributed by atoms with van der Waals surface area (Å²) in [6.07, 6.45) is 7.18. The number of fused-ring (bicyclic) bond motifs is 2. The Morgan fingerprint density at radius 3 is 2.90 bits per heavy atom. The minimum Gasteiger partial charge on any atom is -0.336 e. The molecule has 2 saturated heterocycles. The molecule has 0 radical (unpaired) electrons. The molecule has 0 bridgehead atoms. The van der Waals surface area contributed by atoms with Crippen LogP contribution in [0.15, 0.2) is 36.7 Å². The quantitative estimate of drug-likeness (QED) is 0.671. The fourth-order valence-corrected chi connectivity index (χ4v) is 4.59. The van der Waals surface area contributed by atoms with Gasteiger partial charge in [-0.05, 0) is 37.6 Å². The lowest BCUT2D eigenvalue weighted by Crippen LogP contribution is -2.56. The minimum absolute atomic E-state index is 0.000582. The van der Waals surface area contributed by atoms with E-state index >= 15 is 0 Å². The van der Waals surface area contributed by atoms with E-state index < -0.39 is 0 Å². The Labute approximate surface area is 168 Å². The van der Waals surface area contributed by atoms with Gasteiger partial charge in [0.05, 0.1) is 23.0 Å². The molecule has 6 nitrogen and oxygen atoms in total. The summed E-state index contributed by atoms with van der Waals surface area (Å²) in [5, 5.41) is 4.89. The lowest BCUT2D eigenvalue weighted by Gasteiger charge is -2.44. The highest BCUT2D eigenvalue weighted by Crippen LogP contribution is 2.28. The van der Waals surface area contributed by atoms with E-state index in [1.165, 1.54) is 25.0 Å². The third-order valence-corrected chi connectivity index (χ3v) is 6.13. The zero-order chi connectivity index (χ0) is 20.0. The number of hydrogen-bond acceptors (Lipinski definition) is 4. The number of aromatic nitrogens is 3. The molecular formula is C22H24FN5O. The maximum Gasteiger partial charge on any atom is 0.254 e. The molecule has 1 atom stereocenters. The van der Waals surface area contributed by atoms with E-state index in [-0.39, 0.29) is 11.7 Å². The van der Waals surface area contributed by atoms with Crippen LogP contribution in [0.1, 0.15) is 29.6 Å². The van der Waals surface area contributed by atoms with Crippen molar-refractivity contribution >= 4 is 16.8 Å². The number of carbonyl (C=O) groups is 1. The van der Waals surface area contributed by atoms with E-state index in [0.717, 1.165) is 38.2 Å². The Morgan fingerprint density at radius 1 is 1.17 bits per heavy atom. The van der Waals surface area contributed by atoms with Crippen LogP contribution in [0.25, 0.3) is 22.2 Å². The van der Waals surface area contributed by atoms with Crippen molar-refractivity contribution in [3.8, 4) is 11.3 Å². The first-order chi connectivity index (χ1) is 14.1. The SMILES string of the molecule is Cn1cc(-c2cc(C(=O)N3CCN4CCCCC4C3)c3ccc(F)cc3n2)cn1. The first-order valence-electron chi connectivity index (χ1n) is 10.2. The molecule has 7 heteroatoms. The lowest BCUT2D eigenvalue weighted by atomic mass is 9.98. The summed E-state index contributed by atoms with van der Waals surface area (Å²) in [5.41, 5.74) is 2.52. The van der Waals surface area contributed by atoms with Crippen molar-refractivity contribution in [2.24, 2.45) is 7.05 Å². The number of pyridine rings is 1. The van der Waals surface area contributed by atoms with E-state index in [2.05, 4.69) is 15.0 Å². The highest BCUT2D eigenvalue weighted by molar-refractivity contribution is 6.07. The van der Waals surface area contributed by atoms with Crippen molar-refractivity contribution in [1.29, 1.82) is 0 Å². The number of halogens is 1. The molecule has 5 rings (SSSR count). The molecular weight excluding hydrogens is 369 g/mol. The molecule has 2 fully saturated rings. The van der Waals surface area contributed by atoms with Gasteiger partial charge in [0.25, 0.3) is 5.91 Å². The highest BCUT2D eigenvalue weighted by atomic mass is 19.1. The number of carbonyl (C=O) groups excluding carboxylic acids is 1. The summed E-state index contributed by atoms with van der Waals surface area (Å²) in [7, 11) is 1.83. The number of nitrogens with zero attached hydrogens (tertiary/aromatic N) is 5. The Kier molecular flexibility index (Phi) is 4.54. The Morgan fingerprint density at radius 2 is 2.07 bits per heavy atom. The number of aryl methyl sites for hydroxylation is 1. The van der Waals surface area contributed by atoms with Crippen LogP contribution in [0, 0.1) is 5.82 Å². The summed E-state index contributed by atoms with van der Waals surface area (Å²) in [6, 6.07) is 6.72. The maximum atomic E-state index is 13.9. The zero-order valence-corrected chi connectivity index (χ0v) is 16.5. The third kappa shape index (κ3) is 3.40. The molecule has 0 aliphatic carbocycles. The molecule has 2 aliphatic rings. The van der Waals surface area contributed by atoms with Gasteiger partial charge in [-0.25, -0.2) is 9.37 Å². The van der Waals surface area contributed by atoms with Crippen molar-refractivity contribution in [1.82, 2.24) is 24.6 Å². The van der Waals surface area contributed by atoms with Gasteiger partial charge in [-0.2, -0.15) is 5.10 Å². The van der Waals surface area contributed by atoms with Crippen LogP contribution in [0.2, 0.25) is 0 Å². The first-order valence-corrected chi connectivity index (χ1v) is 10.2. The van der Waals surface area contributed by atoms with Gasteiger partial charge in [-0.3, -0.25) is 14.4 Å². The number of piperidine rings is 1. The largest absolute Gasteiger partial charge is 0.336 e. The second kappa shape index (κ2) is 7.22. The molecule has 0 N–H and O–H groups in total. The molecule has 0 saturated carbocycles. The first kappa shape index (κ1) is 18.2. The topological polar surface area (TPSA) is 54.3 Å². The van der Waals surface area contributed by atoms with Gasteiger partial charge in [0.15, 0.2) is 0 Å². The molecule has 150 valence electrons. The van der Waals surface area contributed by atoms with Crippen molar-refractivity contribution in [2.75, 3.05) is 26.2 Å². The molecule has 2 aliphatic heterocycles. The van der Waals surface area contributed by atoms with Crippen LogP contribution >= 0.6 is 0 Å². The number of piperazine rings is 1. The zero-order valence-electron chi connectivity index (χ0n) is 16.5. The van der Waals surface area contributed by atoms with Crippen molar-refractivity contribution < 1.29 is 9.18 Å². The molecule has 3 aromatic rings. The number of amides is 1. The van der Waals surface area contributed by atoms with Gasteiger partial charge in [-0.15, -0.1) is 0 Å². The van der Waals surface area contributed by atoms with Crippen LogP contribution in [0.5, 0.6) is 0 Å². The standard InChI is InChI=1S/C22H24FN5O/c1-26-13-15(12-24-26)20-11-19(18-6-5-16(23)10-21(18)25-20)22(29)28-9-8-27-7-3-2-4-17(27)14-28/h5-6,10-13,17H,2-4,7-9,14H2,1H3. The second-order valence-corrected chi connectivity index (χ2v) is 8.06. The maximum absolute atomic E-state index is 13.9. The fraction of sp³-hybridized carbons (Fsp3) is 0.409. The van der Waals surface area contributed by atoms with Gasteiger partial charge in [-0.1, -0.05) is 6.42 Å². The number of rotatable bonds is 2. The normalized spacial score (nSPS) is 20.1. The van der Waals surface area contributed by atoms with E-state index in [1.807, 2.05) is 24.2 Å². The van der Waals surface area contributed by atoms with E-state index in [1.54, 1.807) is 16.9 Å². The second-order valence-electron chi connectivity index (χ2n) is 8.06. The molecule has 1 amide bonds. The van der Waals surface area contributed by atoms with Crippen LogP contribution in [-0.2, 0) is 7.05 Å². The predicted octanol–water partition coefficient (Wildman–Crippen LogP) is 3.08. The lowest BCUT2D eigenvalue weighted by molar-refractivity contribution is 0.0374. The smallest absolute Gasteiger partial charge is 0.254 e. The predicted molar refractivity (Wildman–Crippen MR) is 109 cm³/mol. The number of benzene rings is 1. The van der Waals surface area contributed by atoms with Gasteiger partial charge < -0.3 is 4.90 Å².